The Kier molecular flexibility index (Phi) is 5.98. The van der Waals surface area contributed by atoms with Crippen molar-refractivity contribution in [1.82, 2.24) is 19.6 Å². The number of hydrogen-bond donors (Lipinski definition) is 0. The Morgan fingerprint density at radius 2 is 1.61 bits per heavy atom. The van der Waals surface area contributed by atoms with Crippen LogP contribution in [-0.2, 0) is 11.8 Å². The summed E-state index contributed by atoms with van der Waals surface area (Å²) in [4.78, 5) is 28.7. The van der Waals surface area contributed by atoms with Crippen LogP contribution >= 0.6 is 0 Å². The molecule has 3 rings (SSSR count). The van der Waals surface area contributed by atoms with Gasteiger partial charge in [-0.25, -0.2) is 0 Å². The fraction of sp³-hybridized carbons (Fsp3) is 0.350. The minimum atomic E-state index is -0.102. The molecule has 2 aromatic rings. The van der Waals surface area contributed by atoms with E-state index in [1.54, 1.807) is 65.2 Å². The van der Waals surface area contributed by atoms with Gasteiger partial charge in [0.1, 0.15) is 11.5 Å². The van der Waals surface area contributed by atoms with Crippen LogP contribution in [0.25, 0.3) is 6.08 Å². The van der Waals surface area contributed by atoms with Crippen LogP contribution in [0.4, 0.5) is 0 Å². The number of rotatable bonds is 5. The molecule has 0 spiro atoms. The lowest BCUT2D eigenvalue weighted by Gasteiger charge is -2.34. The predicted molar refractivity (Wildman–Crippen MR) is 104 cm³/mol. The Morgan fingerprint density at radius 3 is 2.14 bits per heavy atom. The lowest BCUT2D eigenvalue weighted by molar-refractivity contribution is -0.127. The van der Waals surface area contributed by atoms with Crippen molar-refractivity contribution in [2.45, 2.75) is 0 Å². The maximum absolute atomic E-state index is 12.8. The molecule has 0 bridgehead atoms. The lowest BCUT2D eigenvalue weighted by atomic mass is 10.1. The van der Waals surface area contributed by atoms with Crippen LogP contribution in [-0.4, -0.2) is 71.8 Å². The zero-order valence-electron chi connectivity index (χ0n) is 16.3. The molecule has 1 aromatic heterocycles. The van der Waals surface area contributed by atoms with Crippen molar-refractivity contribution in [3.8, 4) is 11.5 Å². The molecular formula is C20H24N4O4. The molecule has 28 heavy (non-hydrogen) atoms. The van der Waals surface area contributed by atoms with Gasteiger partial charge in [0.05, 0.1) is 20.4 Å². The number of carbonyl (C=O) groups is 2. The van der Waals surface area contributed by atoms with Crippen LogP contribution in [0, 0.1) is 0 Å². The molecule has 0 atom stereocenters. The zero-order valence-corrected chi connectivity index (χ0v) is 16.3. The molecule has 0 aliphatic carbocycles. The average Bonchev–Trinajstić information content (AvgIpc) is 3.16. The second kappa shape index (κ2) is 8.60. The second-order valence-corrected chi connectivity index (χ2v) is 6.50. The molecule has 0 radical (unpaired) electrons. The highest BCUT2D eigenvalue weighted by molar-refractivity contribution is 5.96. The van der Waals surface area contributed by atoms with E-state index in [0.717, 1.165) is 5.56 Å². The van der Waals surface area contributed by atoms with Gasteiger partial charge in [-0.2, -0.15) is 5.10 Å². The van der Waals surface area contributed by atoms with Crippen LogP contribution in [0.5, 0.6) is 11.5 Å². The average molecular weight is 384 g/mol. The van der Waals surface area contributed by atoms with Crippen molar-refractivity contribution in [1.29, 1.82) is 0 Å². The monoisotopic (exact) mass is 384 g/mol. The molecule has 0 unspecified atom stereocenters. The third-order valence-corrected chi connectivity index (χ3v) is 4.62. The van der Waals surface area contributed by atoms with Gasteiger partial charge in [-0.05, 0) is 18.2 Å². The SMILES string of the molecule is COc1cc(OC)cc(C(=O)N2CCN(C(=O)/C=C/c3cnn(C)c3)CC2)c1. The Hall–Kier alpha value is -3.29. The molecule has 0 saturated carbocycles. The Bertz CT molecular complexity index is 860. The van der Waals surface area contributed by atoms with Crippen LogP contribution in [0.3, 0.4) is 0 Å². The highest BCUT2D eigenvalue weighted by Gasteiger charge is 2.24. The number of aromatic nitrogens is 2. The van der Waals surface area contributed by atoms with Crippen molar-refractivity contribution in [3.63, 3.8) is 0 Å². The number of hydrogen-bond acceptors (Lipinski definition) is 5. The molecule has 1 aromatic carbocycles. The van der Waals surface area contributed by atoms with E-state index in [0.29, 0.717) is 43.2 Å². The normalized spacial score (nSPS) is 14.4. The summed E-state index contributed by atoms with van der Waals surface area (Å²) in [6, 6.07) is 5.11. The van der Waals surface area contributed by atoms with Gasteiger partial charge in [0, 0.05) is 62.7 Å². The van der Waals surface area contributed by atoms with Crippen LogP contribution in [0.15, 0.2) is 36.7 Å². The molecule has 2 amide bonds. The van der Waals surface area contributed by atoms with Crippen molar-refractivity contribution < 1.29 is 19.1 Å². The molecule has 1 aliphatic heterocycles. The molecule has 1 saturated heterocycles. The van der Waals surface area contributed by atoms with Gasteiger partial charge < -0.3 is 19.3 Å². The summed E-state index contributed by atoms with van der Waals surface area (Å²) in [5, 5.41) is 4.07. The number of carbonyl (C=O) groups excluding carboxylic acids is 2. The minimum Gasteiger partial charge on any atom is -0.497 e. The maximum atomic E-state index is 12.8. The number of benzene rings is 1. The molecule has 148 valence electrons. The molecule has 1 fully saturated rings. The molecule has 8 heteroatoms. The zero-order chi connectivity index (χ0) is 20.1. The largest absolute Gasteiger partial charge is 0.497 e. The first-order chi connectivity index (χ1) is 13.5. The minimum absolute atomic E-state index is 0.0704. The van der Waals surface area contributed by atoms with E-state index in [9.17, 15) is 9.59 Å². The third kappa shape index (κ3) is 4.51. The summed E-state index contributed by atoms with van der Waals surface area (Å²) in [6.07, 6.45) is 6.82. The fourth-order valence-electron chi connectivity index (χ4n) is 3.04. The van der Waals surface area contributed by atoms with Crippen molar-refractivity contribution in [2.24, 2.45) is 7.05 Å². The Labute approximate surface area is 163 Å². The summed E-state index contributed by atoms with van der Waals surface area (Å²) in [5.41, 5.74) is 1.38. The standard InChI is InChI=1S/C20H24N4O4/c1-22-14-15(13-21-22)4-5-19(25)23-6-8-24(9-7-23)20(26)16-10-17(27-2)12-18(11-16)28-3/h4-5,10-14H,6-9H2,1-3H3/b5-4+. The van der Waals surface area contributed by atoms with Gasteiger partial charge in [0.2, 0.25) is 5.91 Å². The first-order valence-electron chi connectivity index (χ1n) is 8.98. The first kappa shape index (κ1) is 19.5. The number of amides is 2. The van der Waals surface area contributed by atoms with E-state index in [-0.39, 0.29) is 11.8 Å². The fourth-order valence-corrected chi connectivity index (χ4v) is 3.04. The van der Waals surface area contributed by atoms with E-state index in [2.05, 4.69) is 5.10 Å². The highest BCUT2D eigenvalue weighted by atomic mass is 16.5. The molecule has 1 aliphatic rings. The molecule has 0 N–H and O–H groups in total. The van der Waals surface area contributed by atoms with Crippen molar-refractivity contribution in [3.05, 3.63) is 47.8 Å². The number of aryl methyl sites for hydroxylation is 1. The van der Waals surface area contributed by atoms with Gasteiger partial charge in [-0.3, -0.25) is 14.3 Å². The summed E-state index contributed by atoms with van der Waals surface area (Å²) in [5.74, 6) is 0.961. The van der Waals surface area contributed by atoms with E-state index < -0.39 is 0 Å². The van der Waals surface area contributed by atoms with Crippen LogP contribution < -0.4 is 9.47 Å². The smallest absolute Gasteiger partial charge is 0.254 e. The van der Waals surface area contributed by atoms with E-state index in [1.165, 1.54) is 0 Å². The summed E-state index contributed by atoms with van der Waals surface area (Å²) < 4.78 is 12.1. The summed E-state index contributed by atoms with van der Waals surface area (Å²) in [6.45, 7) is 1.93. The number of piperazine rings is 1. The first-order valence-corrected chi connectivity index (χ1v) is 8.98. The van der Waals surface area contributed by atoms with E-state index >= 15 is 0 Å². The second-order valence-electron chi connectivity index (χ2n) is 6.50. The van der Waals surface area contributed by atoms with Crippen molar-refractivity contribution >= 4 is 17.9 Å². The molecule has 2 heterocycles. The van der Waals surface area contributed by atoms with Gasteiger partial charge in [0.15, 0.2) is 0 Å². The van der Waals surface area contributed by atoms with E-state index in [4.69, 9.17) is 9.47 Å². The lowest BCUT2D eigenvalue weighted by Crippen LogP contribution is -2.50. The van der Waals surface area contributed by atoms with Gasteiger partial charge in [-0.15, -0.1) is 0 Å². The maximum Gasteiger partial charge on any atom is 0.254 e. The number of nitrogens with zero attached hydrogens (tertiary/aromatic N) is 4. The number of methoxy groups -OCH3 is 2. The Balaban J connectivity index is 1.59. The summed E-state index contributed by atoms with van der Waals surface area (Å²) >= 11 is 0. The highest BCUT2D eigenvalue weighted by Crippen LogP contribution is 2.23. The van der Waals surface area contributed by atoms with Gasteiger partial charge >= 0.3 is 0 Å². The van der Waals surface area contributed by atoms with Crippen LogP contribution in [0.1, 0.15) is 15.9 Å². The number of ether oxygens (including phenoxy) is 2. The summed E-state index contributed by atoms with van der Waals surface area (Å²) in [7, 11) is 4.92. The predicted octanol–water partition coefficient (Wildman–Crippen LogP) is 1.44. The quantitative estimate of drug-likeness (QED) is 0.729. The molecular weight excluding hydrogens is 360 g/mol. The van der Waals surface area contributed by atoms with Gasteiger partial charge in [-0.1, -0.05) is 0 Å². The van der Waals surface area contributed by atoms with E-state index in [1.807, 2.05) is 13.2 Å². The topological polar surface area (TPSA) is 76.9 Å². The Morgan fingerprint density at radius 1 is 1.00 bits per heavy atom. The van der Waals surface area contributed by atoms with Crippen LogP contribution in [0.2, 0.25) is 0 Å². The van der Waals surface area contributed by atoms with Gasteiger partial charge in [0.25, 0.3) is 5.91 Å². The van der Waals surface area contributed by atoms with Crippen molar-refractivity contribution in [2.75, 3.05) is 40.4 Å². The molecule has 8 nitrogen and oxygen atoms in total. The third-order valence-electron chi connectivity index (χ3n) is 4.62.